The number of nitro groups is 1. The fourth-order valence-corrected chi connectivity index (χ4v) is 1.47. The Morgan fingerprint density at radius 2 is 2.07 bits per heavy atom. The molecule has 1 aliphatic rings. The summed E-state index contributed by atoms with van der Waals surface area (Å²) in [4.78, 5) is 10.1. The number of benzene rings is 1. The Bertz CT molecular complexity index is 386. The molecule has 1 aromatic rings. The fraction of sp³-hybridized carbons (Fsp3) is 0.200. The normalized spacial score (nSPS) is 19.6. The van der Waals surface area contributed by atoms with Crippen molar-refractivity contribution in [3.8, 4) is 0 Å². The van der Waals surface area contributed by atoms with Crippen molar-refractivity contribution < 1.29 is 4.92 Å². The predicted molar refractivity (Wildman–Crippen MR) is 56.1 cm³/mol. The molecule has 1 aromatic carbocycles. The molecule has 15 heavy (non-hydrogen) atoms. The maximum Gasteiger partial charge on any atom is 0.269 e. The van der Waals surface area contributed by atoms with Gasteiger partial charge in [-0.15, -0.1) is 0 Å². The van der Waals surface area contributed by atoms with Crippen molar-refractivity contribution in [2.75, 3.05) is 6.54 Å². The van der Waals surface area contributed by atoms with Crippen LogP contribution in [0.2, 0.25) is 0 Å². The molecular weight excluding hydrogens is 194 g/mol. The van der Waals surface area contributed by atoms with Crippen LogP contribution < -0.4 is 10.6 Å². The molecule has 5 heteroatoms. The largest absolute Gasteiger partial charge is 0.372 e. The zero-order chi connectivity index (χ0) is 10.7. The second-order valence-electron chi connectivity index (χ2n) is 3.26. The molecule has 5 nitrogen and oxygen atoms in total. The van der Waals surface area contributed by atoms with Crippen molar-refractivity contribution in [3.63, 3.8) is 0 Å². The number of hydrogen-bond donors (Lipinski definition) is 2. The van der Waals surface area contributed by atoms with Crippen LogP contribution in [0.15, 0.2) is 36.5 Å². The van der Waals surface area contributed by atoms with E-state index in [0.29, 0.717) is 0 Å². The minimum atomic E-state index is -0.397. The maximum atomic E-state index is 10.5. The van der Waals surface area contributed by atoms with Crippen molar-refractivity contribution in [1.82, 2.24) is 10.6 Å². The molecule has 2 rings (SSSR count). The van der Waals surface area contributed by atoms with Gasteiger partial charge in [0.25, 0.3) is 5.69 Å². The Morgan fingerprint density at radius 3 is 2.60 bits per heavy atom. The van der Waals surface area contributed by atoms with E-state index in [-0.39, 0.29) is 11.9 Å². The SMILES string of the molecule is O=[N+]([O-])c1ccc(C2NC=CCN2)cc1. The molecule has 1 heterocycles. The van der Waals surface area contributed by atoms with Crippen LogP contribution in [0.1, 0.15) is 11.7 Å². The average Bonchev–Trinajstić information content (AvgIpc) is 2.30. The van der Waals surface area contributed by atoms with Gasteiger partial charge >= 0.3 is 0 Å². The predicted octanol–water partition coefficient (Wildman–Crippen LogP) is 1.30. The smallest absolute Gasteiger partial charge is 0.269 e. The Morgan fingerprint density at radius 1 is 1.33 bits per heavy atom. The number of rotatable bonds is 2. The number of nitrogens with zero attached hydrogens (tertiary/aromatic N) is 1. The third-order valence-corrected chi connectivity index (χ3v) is 2.26. The van der Waals surface area contributed by atoms with E-state index in [4.69, 9.17) is 0 Å². The van der Waals surface area contributed by atoms with Crippen LogP contribution in [-0.2, 0) is 0 Å². The van der Waals surface area contributed by atoms with Crippen LogP contribution in [0.25, 0.3) is 0 Å². The Kier molecular flexibility index (Phi) is 2.64. The van der Waals surface area contributed by atoms with E-state index in [1.54, 1.807) is 12.1 Å². The topological polar surface area (TPSA) is 67.2 Å². The van der Waals surface area contributed by atoms with E-state index in [2.05, 4.69) is 10.6 Å². The minimum Gasteiger partial charge on any atom is -0.372 e. The first-order valence-electron chi connectivity index (χ1n) is 4.66. The molecule has 0 saturated carbocycles. The van der Waals surface area contributed by atoms with Crippen molar-refractivity contribution in [1.29, 1.82) is 0 Å². The van der Waals surface area contributed by atoms with Crippen LogP contribution in [0.5, 0.6) is 0 Å². The van der Waals surface area contributed by atoms with Crippen molar-refractivity contribution in [2.45, 2.75) is 6.17 Å². The van der Waals surface area contributed by atoms with Crippen LogP contribution in [0.4, 0.5) is 5.69 Å². The highest BCUT2D eigenvalue weighted by atomic mass is 16.6. The van der Waals surface area contributed by atoms with Gasteiger partial charge in [-0.1, -0.05) is 6.08 Å². The van der Waals surface area contributed by atoms with E-state index in [0.717, 1.165) is 12.1 Å². The van der Waals surface area contributed by atoms with Crippen molar-refractivity contribution in [3.05, 3.63) is 52.2 Å². The van der Waals surface area contributed by atoms with Crippen LogP contribution in [0.3, 0.4) is 0 Å². The summed E-state index contributed by atoms with van der Waals surface area (Å²) in [7, 11) is 0. The van der Waals surface area contributed by atoms with E-state index < -0.39 is 4.92 Å². The van der Waals surface area contributed by atoms with E-state index in [9.17, 15) is 10.1 Å². The van der Waals surface area contributed by atoms with Gasteiger partial charge in [0.2, 0.25) is 0 Å². The highest BCUT2D eigenvalue weighted by Gasteiger charge is 2.12. The molecule has 1 aliphatic heterocycles. The van der Waals surface area contributed by atoms with E-state index >= 15 is 0 Å². The second-order valence-corrected chi connectivity index (χ2v) is 3.26. The highest BCUT2D eigenvalue weighted by Crippen LogP contribution is 2.16. The summed E-state index contributed by atoms with van der Waals surface area (Å²) in [6.07, 6.45) is 3.89. The molecule has 78 valence electrons. The van der Waals surface area contributed by atoms with Gasteiger partial charge in [-0.3, -0.25) is 15.4 Å². The number of nitrogens with one attached hydrogen (secondary N) is 2. The molecule has 0 saturated heterocycles. The monoisotopic (exact) mass is 205 g/mol. The molecule has 1 atom stereocenters. The number of hydrogen-bond acceptors (Lipinski definition) is 4. The summed E-state index contributed by atoms with van der Waals surface area (Å²) >= 11 is 0. The first-order chi connectivity index (χ1) is 7.27. The first-order valence-corrected chi connectivity index (χ1v) is 4.66. The standard InChI is InChI=1S/C10H11N3O2/c14-13(15)9-4-2-8(3-5-9)10-11-6-1-7-12-10/h1-6,10-12H,7H2. The molecule has 2 N–H and O–H groups in total. The average molecular weight is 205 g/mol. The molecule has 0 radical (unpaired) electrons. The number of nitro benzene ring substituents is 1. The van der Waals surface area contributed by atoms with Gasteiger partial charge in [0.05, 0.1) is 4.92 Å². The fourth-order valence-electron chi connectivity index (χ4n) is 1.47. The summed E-state index contributed by atoms with van der Waals surface area (Å²) < 4.78 is 0. The molecule has 0 aliphatic carbocycles. The van der Waals surface area contributed by atoms with E-state index in [1.807, 2.05) is 12.3 Å². The third kappa shape index (κ3) is 2.13. The number of non-ortho nitro benzene ring substituents is 1. The van der Waals surface area contributed by atoms with Gasteiger partial charge in [0, 0.05) is 18.7 Å². The lowest BCUT2D eigenvalue weighted by atomic mass is 10.1. The van der Waals surface area contributed by atoms with Crippen LogP contribution >= 0.6 is 0 Å². The lowest BCUT2D eigenvalue weighted by Crippen LogP contribution is -2.34. The van der Waals surface area contributed by atoms with Gasteiger partial charge in [-0.05, 0) is 23.9 Å². The molecule has 0 aromatic heterocycles. The molecule has 0 bridgehead atoms. The summed E-state index contributed by atoms with van der Waals surface area (Å²) in [5.41, 5.74) is 1.11. The summed E-state index contributed by atoms with van der Waals surface area (Å²) in [6, 6.07) is 6.53. The van der Waals surface area contributed by atoms with Crippen molar-refractivity contribution in [2.24, 2.45) is 0 Å². The van der Waals surface area contributed by atoms with Crippen LogP contribution in [0, 0.1) is 10.1 Å². The first kappa shape index (κ1) is 9.67. The zero-order valence-electron chi connectivity index (χ0n) is 8.01. The van der Waals surface area contributed by atoms with Crippen molar-refractivity contribution >= 4 is 5.69 Å². The summed E-state index contributed by atoms with van der Waals surface area (Å²) in [6.45, 7) is 0.800. The molecular formula is C10H11N3O2. The summed E-state index contributed by atoms with van der Waals surface area (Å²) in [5, 5.41) is 16.8. The second kappa shape index (κ2) is 4.10. The molecule has 0 fully saturated rings. The van der Waals surface area contributed by atoms with E-state index in [1.165, 1.54) is 12.1 Å². The van der Waals surface area contributed by atoms with Gasteiger partial charge in [0.15, 0.2) is 0 Å². The molecule has 0 amide bonds. The quantitative estimate of drug-likeness (QED) is 0.564. The van der Waals surface area contributed by atoms with Gasteiger partial charge in [0.1, 0.15) is 6.17 Å². The zero-order valence-corrected chi connectivity index (χ0v) is 8.01. The lowest BCUT2D eigenvalue weighted by Gasteiger charge is -2.21. The molecule has 1 unspecified atom stereocenters. The third-order valence-electron chi connectivity index (χ3n) is 2.26. The Hall–Kier alpha value is -1.88. The van der Waals surface area contributed by atoms with Gasteiger partial charge in [-0.25, -0.2) is 0 Å². The summed E-state index contributed by atoms with van der Waals surface area (Å²) in [5.74, 6) is 0. The molecule has 0 spiro atoms. The van der Waals surface area contributed by atoms with Crippen LogP contribution in [-0.4, -0.2) is 11.5 Å². The minimum absolute atomic E-state index is 0.0378. The Labute approximate surface area is 86.9 Å². The maximum absolute atomic E-state index is 10.5. The highest BCUT2D eigenvalue weighted by molar-refractivity contribution is 5.34. The van der Waals surface area contributed by atoms with Gasteiger partial charge < -0.3 is 5.32 Å². The Balaban J connectivity index is 2.16. The lowest BCUT2D eigenvalue weighted by molar-refractivity contribution is -0.384. The van der Waals surface area contributed by atoms with Gasteiger partial charge in [-0.2, -0.15) is 0 Å².